The first-order valence-corrected chi connectivity index (χ1v) is 3.09. The van der Waals surface area contributed by atoms with Gasteiger partial charge >= 0.3 is 0 Å². The molecular formula is C7H14O3. The maximum Gasteiger partial charge on any atom is 0.126 e. The minimum absolute atomic E-state index is 0.167. The molecule has 0 bridgehead atoms. The van der Waals surface area contributed by atoms with Crippen LogP contribution >= 0.6 is 0 Å². The van der Waals surface area contributed by atoms with Gasteiger partial charge in [0.25, 0.3) is 0 Å². The summed E-state index contributed by atoms with van der Waals surface area (Å²) in [4.78, 5) is 18.2. The predicted octanol–water partition coefficient (Wildman–Crippen LogP) is 0.817. The quantitative estimate of drug-likeness (QED) is 0.375. The molecule has 1 saturated heterocycles. The van der Waals surface area contributed by atoms with Gasteiger partial charge in [0.05, 0.1) is 13.2 Å². The number of epoxide rings is 1. The monoisotopic (exact) mass is 146 g/mol. The number of hydrogen-bond donors (Lipinski definition) is 0. The van der Waals surface area contributed by atoms with Gasteiger partial charge in [-0.3, -0.25) is 0 Å². The molecule has 0 radical (unpaired) electrons. The molecule has 0 N–H and O–H groups in total. The fourth-order valence-electron chi connectivity index (χ4n) is 0. The minimum Gasteiger partial charge on any atom is -0.377 e. The Morgan fingerprint density at radius 3 is 1.50 bits per heavy atom. The smallest absolute Gasteiger partial charge is 0.126 e. The van der Waals surface area contributed by atoms with Crippen molar-refractivity contribution in [2.24, 2.45) is 0 Å². The number of Topliss-reactive ketones (excluding diaryl/α,β-unsaturated/α-hetero) is 1. The van der Waals surface area contributed by atoms with Gasteiger partial charge < -0.3 is 14.3 Å². The van der Waals surface area contributed by atoms with E-state index in [-0.39, 0.29) is 5.78 Å². The summed E-state index contributed by atoms with van der Waals surface area (Å²) in [5, 5.41) is 0. The average Bonchev–Trinajstić information content (AvgIpc) is 2.43. The lowest BCUT2D eigenvalue weighted by Crippen LogP contribution is -1.69. The van der Waals surface area contributed by atoms with Gasteiger partial charge in [0.1, 0.15) is 12.1 Å². The molecule has 0 unspecified atom stereocenters. The molecule has 1 rings (SSSR count). The van der Waals surface area contributed by atoms with E-state index in [0.717, 1.165) is 19.5 Å². The molecule has 3 heteroatoms. The highest BCUT2D eigenvalue weighted by Crippen LogP contribution is 1.84. The summed E-state index contributed by atoms with van der Waals surface area (Å²) in [6, 6.07) is 0. The molecule has 0 spiro atoms. The Morgan fingerprint density at radius 2 is 1.50 bits per heavy atom. The second kappa shape index (κ2) is 11.1. The first-order chi connectivity index (χ1) is 4.65. The van der Waals surface area contributed by atoms with Gasteiger partial charge in [0.2, 0.25) is 0 Å². The maximum absolute atomic E-state index is 9.44. The molecule has 60 valence electrons. The predicted molar refractivity (Wildman–Crippen MR) is 38.9 cm³/mol. The van der Waals surface area contributed by atoms with Gasteiger partial charge in [0, 0.05) is 0 Å². The van der Waals surface area contributed by atoms with Crippen LogP contribution in [0.5, 0.6) is 0 Å². The Bertz CT molecular complexity index is 80.1. The van der Waals surface area contributed by atoms with Crippen molar-refractivity contribution >= 4 is 12.1 Å². The first kappa shape index (κ1) is 12.0. The molecule has 10 heavy (non-hydrogen) atoms. The zero-order chi connectivity index (χ0) is 8.41. The van der Waals surface area contributed by atoms with Gasteiger partial charge in [-0.1, -0.05) is 0 Å². The van der Waals surface area contributed by atoms with Crippen LogP contribution in [0, 0.1) is 0 Å². The number of rotatable bonds is 0. The molecule has 0 amide bonds. The average molecular weight is 146 g/mol. The fraction of sp³-hybridized carbons (Fsp3) is 0.714. The van der Waals surface area contributed by atoms with Crippen LogP contribution in [0.1, 0.15) is 20.8 Å². The summed E-state index contributed by atoms with van der Waals surface area (Å²) >= 11 is 0. The molecule has 1 fully saturated rings. The van der Waals surface area contributed by atoms with Gasteiger partial charge in [-0.25, -0.2) is 0 Å². The van der Waals surface area contributed by atoms with Crippen molar-refractivity contribution in [2.45, 2.75) is 20.8 Å². The van der Waals surface area contributed by atoms with Crippen molar-refractivity contribution in [3.05, 3.63) is 0 Å². The van der Waals surface area contributed by atoms with E-state index in [2.05, 4.69) is 4.74 Å². The Hall–Kier alpha value is -0.700. The lowest BCUT2D eigenvalue weighted by molar-refractivity contribution is -0.115. The summed E-state index contributed by atoms with van der Waals surface area (Å²) < 4.78 is 4.50. The third-order valence-corrected chi connectivity index (χ3v) is 0.204. The molecule has 3 nitrogen and oxygen atoms in total. The van der Waals surface area contributed by atoms with E-state index in [1.165, 1.54) is 20.8 Å². The Balaban J connectivity index is 0. The Kier molecular flexibility index (Phi) is 13.4. The van der Waals surface area contributed by atoms with Crippen molar-refractivity contribution in [1.82, 2.24) is 0 Å². The van der Waals surface area contributed by atoms with Crippen LogP contribution in [0.3, 0.4) is 0 Å². The normalized spacial score (nSPS) is 11.1. The zero-order valence-electron chi connectivity index (χ0n) is 6.72. The Morgan fingerprint density at radius 1 is 1.40 bits per heavy atom. The van der Waals surface area contributed by atoms with Gasteiger partial charge in [-0.2, -0.15) is 0 Å². The van der Waals surface area contributed by atoms with Gasteiger partial charge in [-0.05, 0) is 20.8 Å². The van der Waals surface area contributed by atoms with Gasteiger partial charge in [0.15, 0.2) is 0 Å². The minimum atomic E-state index is 0.167. The van der Waals surface area contributed by atoms with Crippen LogP contribution in [0.25, 0.3) is 0 Å². The Labute approximate surface area is 61.4 Å². The van der Waals surface area contributed by atoms with Crippen LogP contribution in [0.15, 0.2) is 0 Å². The summed E-state index contributed by atoms with van der Waals surface area (Å²) in [5.41, 5.74) is 0. The van der Waals surface area contributed by atoms with E-state index in [9.17, 15) is 4.79 Å². The van der Waals surface area contributed by atoms with Gasteiger partial charge in [-0.15, -0.1) is 0 Å². The van der Waals surface area contributed by atoms with E-state index in [1.807, 2.05) is 0 Å². The number of ketones is 1. The molecular weight excluding hydrogens is 132 g/mol. The maximum atomic E-state index is 9.44. The van der Waals surface area contributed by atoms with Crippen molar-refractivity contribution in [3.8, 4) is 0 Å². The lowest BCUT2D eigenvalue weighted by Gasteiger charge is -1.56. The topological polar surface area (TPSA) is 46.7 Å². The van der Waals surface area contributed by atoms with Crippen LogP contribution in [0.4, 0.5) is 0 Å². The second-order valence-corrected chi connectivity index (χ2v) is 1.76. The summed E-state index contributed by atoms with van der Waals surface area (Å²) in [5.74, 6) is 0.167. The number of ether oxygens (including phenoxy) is 1. The van der Waals surface area contributed by atoms with E-state index in [4.69, 9.17) is 4.79 Å². The van der Waals surface area contributed by atoms with Crippen molar-refractivity contribution in [1.29, 1.82) is 0 Å². The highest BCUT2D eigenvalue weighted by Gasteiger charge is 1.94. The SMILES string of the molecule is C1CO1.CC(C)=O.CC=O. The lowest BCUT2D eigenvalue weighted by atomic mass is 10.6. The first-order valence-electron chi connectivity index (χ1n) is 3.09. The van der Waals surface area contributed by atoms with Crippen molar-refractivity contribution in [2.75, 3.05) is 13.2 Å². The molecule has 0 aliphatic carbocycles. The number of aldehydes is 1. The molecule has 1 heterocycles. The molecule has 0 aromatic rings. The molecule has 0 aromatic carbocycles. The fourth-order valence-corrected chi connectivity index (χ4v) is 0. The highest BCUT2D eigenvalue weighted by atomic mass is 16.6. The number of carbonyl (C=O) groups excluding carboxylic acids is 2. The van der Waals surface area contributed by atoms with Crippen molar-refractivity contribution in [3.63, 3.8) is 0 Å². The summed E-state index contributed by atoms with van der Waals surface area (Å²) in [7, 11) is 0. The largest absolute Gasteiger partial charge is 0.377 e. The third kappa shape index (κ3) is 3220. The molecule has 0 aromatic heterocycles. The number of hydrogen-bond acceptors (Lipinski definition) is 3. The van der Waals surface area contributed by atoms with Crippen LogP contribution in [-0.4, -0.2) is 25.3 Å². The zero-order valence-corrected chi connectivity index (χ0v) is 6.72. The van der Waals surface area contributed by atoms with Crippen LogP contribution < -0.4 is 0 Å². The molecule has 1 aliphatic rings. The van der Waals surface area contributed by atoms with E-state index >= 15 is 0 Å². The summed E-state index contributed by atoms with van der Waals surface area (Å²) in [6.07, 6.45) is 0.750. The van der Waals surface area contributed by atoms with E-state index in [0.29, 0.717) is 0 Å². The highest BCUT2D eigenvalue weighted by molar-refractivity contribution is 5.72. The number of carbonyl (C=O) groups is 2. The standard InChI is InChI=1S/C3H6O.2C2H4O/c1-3(2)4;1-2-3-1;1-2-3/h1-2H3;1-2H2;2H,1H3. The molecule has 0 atom stereocenters. The van der Waals surface area contributed by atoms with E-state index < -0.39 is 0 Å². The molecule has 1 aliphatic heterocycles. The summed E-state index contributed by atoms with van der Waals surface area (Å²) in [6.45, 7) is 6.50. The van der Waals surface area contributed by atoms with E-state index in [1.54, 1.807) is 0 Å². The van der Waals surface area contributed by atoms with Crippen LogP contribution in [0.2, 0.25) is 0 Å². The molecule has 0 saturated carbocycles. The van der Waals surface area contributed by atoms with Crippen molar-refractivity contribution < 1.29 is 14.3 Å². The third-order valence-electron chi connectivity index (χ3n) is 0.204. The van der Waals surface area contributed by atoms with Crippen LogP contribution in [-0.2, 0) is 14.3 Å². The second-order valence-electron chi connectivity index (χ2n) is 1.76.